The maximum atomic E-state index is 14.2. The van der Waals surface area contributed by atoms with Crippen molar-refractivity contribution >= 4 is 177 Å². The van der Waals surface area contributed by atoms with E-state index in [0.717, 1.165) is 0 Å². The van der Waals surface area contributed by atoms with Gasteiger partial charge in [0.1, 0.15) is 30.5 Å². The van der Waals surface area contributed by atoms with E-state index in [1.807, 2.05) is 45.2 Å². The van der Waals surface area contributed by atoms with Gasteiger partial charge in [-0.1, -0.05) is 6.58 Å². The maximum absolute atomic E-state index is 14.2. The number of anilines is 2. The Morgan fingerprint density at radius 2 is 0.740 bits per heavy atom. The molecule has 26 heteroatoms. The smallest absolute Gasteiger partial charge is 0.333 e. The van der Waals surface area contributed by atoms with Crippen LogP contribution >= 0.6 is 136 Å². The van der Waals surface area contributed by atoms with Gasteiger partial charge in [0, 0.05) is 38.9 Å². The van der Waals surface area contributed by atoms with E-state index in [-0.39, 0.29) is 93.5 Å². The number of ether oxygens (including phenoxy) is 9. The van der Waals surface area contributed by atoms with Crippen LogP contribution in [-0.2, 0) is 47.4 Å². The number of esters is 1. The Morgan fingerprint density at radius 3 is 0.945 bits per heavy atom. The molecule has 0 bridgehead atoms. The van der Waals surface area contributed by atoms with Gasteiger partial charge in [-0.2, -0.15) is 0 Å². The lowest BCUT2D eigenvalue weighted by Crippen LogP contribution is -2.38. The first-order valence-electron chi connectivity index (χ1n) is 23.1. The Hall–Kier alpha value is -0.810. The molecule has 0 saturated carbocycles. The predicted octanol–water partition coefficient (Wildman–Crippen LogP) is 6.85. The number of carbonyl (C=O) groups is 5. The first-order chi connectivity index (χ1) is 34.0. The number of carbonyl (C=O) groups excluding carboxylic acids is 5. The van der Waals surface area contributed by atoms with Gasteiger partial charge in [0.25, 0.3) is 23.6 Å². The van der Waals surface area contributed by atoms with Crippen molar-refractivity contribution < 1.29 is 66.6 Å². The third-order valence-electron chi connectivity index (χ3n) is 11.4. The predicted molar refractivity (Wildman–Crippen MR) is 320 cm³/mol. The zero-order chi connectivity index (χ0) is 54.0. The molecule has 2 aromatic carbocycles. The van der Waals surface area contributed by atoms with Crippen LogP contribution in [0.2, 0.25) is 0 Å². The minimum atomic E-state index is -0.943. The Labute approximate surface area is 506 Å². The molecule has 0 spiro atoms. The molecule has 4 heterocycles. The fourth-order valence-electron chi connectivity index (χ4n) is 7.91. The quantitative estimate of drug-likeness (QED) is 0.0451. The van der Waals surface area contributed by atoms with E-state index in [4.69, 9.17) is 42.6 Å². The van der Waals surface area contributed by atoms with Crippen LogP contribution in [0.1, 0.15) is 104 Å². The lowest BCUT2D eigenvalue weighted by atomic mass is 10.1. The van der Waals surface area contributed by atoms with E-state index < -0.39 is 83.3 Å². The van der Waals surface area contributed by atoms with Gasteiger partial charge in [-0.15, -0.1) is 0 Å². The maximum Gasteiger partial charge on any atom is 0.333 e. The van der Waals surface area contributed by atoms with Crippen LogP contribution < -0.4 is 31.9 Å². The van der Waals surface area contributed by atoms with Gasteiger partial charge in [0.2, 0.25) is 0 Å². The van der Waals surface area contributed by atoms with Crippen molar-refractivity contribution in [2.45, 2.75) is 116 Å². The van der Waals surface area contributed by atoms with Gasteiger partial charge < -0.3 is 74.5 Å². The van der Waals surface area contributed by atoms with Crippen molar-refractivity contribution in [3.05, 3.63) is 55.8 Å². The Bertz CT molecular complexity index is 2200. The topological polar surface area (TPSA) is 241 Å². The summed E-state index contributed by atoms with van der Waals surface area (Å²) >= 11 is 12.4. The van der Waals surface area contributed by atoms with Gasteiger partial charge in [0.15, 0.2) is 23.1 Å². The van der Waals surface area contributed by atoms with Gasteiger partial charge >= 0.3 is 5.97 Å². The standard InChI is InChI=1S/C47H60I6N6O14/c1-21(2)43(64)69-22(11-54-37-33(50)27(39(60)56-13-23-17-65-44(3,4)70-23)31(48)28(34(37)51)40(61)57-14-24-18-66-45(5,6)71-24)12-55-38-35(52)29(41(62)58-15-25-19-67-46(7,8)72-25)32(49)30(36(38)53)42(63)59-16-26-20-68-47(9,10)73-26/h22-26,54-55H,1,11-20H2,2-10H3,(H,56,60)(H,57,61)(H,58,62)(H,59,63). The number of rotatable bonds is 20. The normalized spacial score (nSPS) is 22.8. The van der Waals surface area contributed by atoms with E-state index in [1.165, 1.54) is 6.92 Å². The first-order valence-corrected chi connectivity index (χ1v) is 29.6. The minimum absolute atomic E-state index is 0.0385. The molecule has 4 fully saturated rings. The molecule has 6 N–H and O–H groups in total. The van der Waals surface area contributed by atoms with Crippen molar-refractivity contribution in [1.29, 1.82) is 0 Å². The number of hydrogen-bond donors (Lipinski definition) is 6. The molecule has 0 radical (unpaired) electrons. The van der Waals surface area contributed by atoms with Crippen molar-refractivity contribution in [3.8, 4) is 0 Å². The van der Waals surface area contributed by atoms with Crippen molar-refractivity contribution in [2.75, 3.05) is 76.3 Å². The second kappa shape index (κ2) is 25.5. The van der Waals surface area contributed by atoms with Crippen LogP contribution in [0.5, 0.6) is 0 Å². The molecule has 20 nitrogen and oxygen atoms in total. The molecular formula is C47H60I6N6O14. The van der Waals surface area contributed by atoms with Gasteiger partial charge in [-0.05, 0) is 198 Å². The third-order valence-corrected chi connectivity index (χ3v) is 17.9. The molecule has 73 heavy (non-hydrogen) atoms. The average Bonchev–Trinajstić information content (AvgIpc) is 4.05. The van der Waals surface area contributed by atoms with Crippen LogP contribution in [0.4, 0.5) is 11.4 Å². The number of halogens is 6. The fourth-order valence-corrected chi connectivity index (χ4v) is 17.0. The Kier molecular flexibility index (Phi) is 21.5. The minimum Gasteiger partial charge on any atom is -0.455 e. The fraction of sp³-hybridized carbons (Fsp3) is 0.596. The van der Waals surface area contributed by atoms with Crippen LogP contribution in [0.25, 0.3) is 0 Å². The number of benzene rings is 2. The van der Waals surface area contributed by atoms with E-state index in [9.17, 15) is 24.0 Å². The van der Waals surface area contributed by atoms with Crippen molar-refractivity contribution in [3.63, 3.8) is 0 Å². The van der Waals surface area contributed by atoms with Crippen LogP contribution in [0.3, 0.4) is 0 Å². The highest BCUT2D eigenvalue weighted by molar-refractivity contribution is 14.1. The second-order valence-electron chi connectivity index (χ2n) is 19.3. The Morgan fingerprint density at radius 1 is 0.493 bits per heavy atom. The number of amides is 4. The summed E-state index contributed by atoms with van der Waals surface area (Å²) in [5.74, 6) is -5.64. The summed E-state index contributed by atoms with van der Waals surface area (Å²) in [4.78, 5) is 70.2. The highest BCUT2D eigenvalue weighted by Crippen LogP contribution is 2.38. The van der Waals surface area contributed by atoms with Crippen LogP contribution in [-0.4, -0.2) is 149 Å². The molecule has 6 rings (SSSR count). The van der Waals surface area contributed by atoms with Crippen molar-refractivity contribution in [2.24, 2.45) is 0 Å². The molecule has 4 aliphatic rings. The SMILES string of the molecule is C=C(C)C(=O)OC(CNc1c(I)c(C(=O)NCC2COC(C)(C)O2)c(I)c(C(=O)NCC2COC(C)(C)O2)c1I)CNc1c(I)c(C(=O)NCC2COC(C)(C)O2)c(I)c(C(=O)NCC2COC(C)(C)O2)c1I. The monoisotopic (exact) mass is 1690 g/mol. The number of nitrogens with one attached hydrogen (secondary N) is 6. The molecule has 404 valence electrons. The van der Waals surface area contributed by atoms with Crippen LogP contribution in [0, 0.1) is 21.4 Å². The average molecular weight is 1690 g/mol. The Balaban J connectivity index is 1.31. The summed E-state index contributed by atoms with van der Waals surface area (Å²) in [6.45, 7) is 21.4. The third kappa shape index (κ3) is 16.2. The lowest BCUT2D eigenvalue weighted by molar-refractivity contribution is -0.143. The zero-order valence-corrected chi connectivity index (χ0v) is 54.6. The molecule has 2 aromatic rings. The molecule has 4 unspecified atom stereocenters. The molecule has 4 atom stereocenters. The highest BCUT2D eigenvalue weighted by atomic mass is 127. The first kappa shape index (κ1) is 61.4. The number of hydrogen-bond acceptors (Lipinski definition) is 16. The van der Waals surface area contributed by atoms with Gasteiger partial charge in [-0.25, -0.2) is 4.79 Å². The van der Waals surface area contributed by atoms with E-state index >= 15 is 0 Å². The second-order valence-corrected chi connectivity index (χ2v) is 25.8. The van der Waals surface area contributed by atoms with E-state index in [0.29, 0.717) is 32.8 Å². The summed E-state index contributed by atoms with van der Waals surface area (Å²) < 4.78 is 55.4. The van der Waals surface area contributed by atoms with Gasteiger partial charge in [-0.3, -0.25) is 19.2 Å². The van der Waals surface area contributed by atoms with E-state index in [1.54, 1.807) is 55.4 Å². The van der Waals surface area contributed by atoms with Crippen LogP contribution in [0.15, 0.2) is 12.2 Å². The van der Waals surface area contributed by atoms with Crippen molar-refractivity contribution in [1.82, 2.24) is 21.3 Å². The largest absolute Gasteiger partial charge is 0.455 e. The molecule has 0 aromatic heterocycles. The summed E-state index contributed by atoms with van der Waals surface area (Å²) in [6, 6.07) is 0. The molecule has 4 saturated heterocycles. The summed E-state index contributed by atoms with van der Waals surface area (Å²) in [5, 5.41) is 18.7. The highest BCUT2D eigenvalue weighted by Gasteiger charge is 2.38. The molecule has 4 amide bonds. The zero-order valence-electron chi connectivity index (χ0n) is 41.6. The summed E-state index contributed by atoms with van der Waals surface area (Å²) in [7, 11) is 0. The van der Waals surface area contributed by atoms with E-state index in [2.05, 4.69) is 129 Å². The molecular weight excluding hydrogens is 1630 g/mol. The molecule has 0 aliphatic carbocycles. The summed E-state index contributed by atoms with van der Waals surface area (Å²) in [5.41, 5.74) is 2.00. The summed E-state index contributed by atoms with van der Waals surface area (Å²) in [6.07, 6.45) is -2.53. The molecule has 4 aliphatic heterocycles. The van der Waals surface area contributed by atoms with Gasteiger partial charge in [0.05, 0.1) is 87.4 Å². The lowest BCUT2D eigenvalue weighted by Gasteiger charge is -2.25.